The minimum absolute atomic E-state index is 0.0424. The van der Waals surface area contributed by atoms with Gasteiger partial charge in [0.2, 0.25) is 0 Å². The first-order valence-corrected chi connectivity index (χ1v) is 12.0. The normalized spacial score (nSPS) is 22.9. The van der Waals surface area contributed by atoms with E-state index in [1.807, 2.05) is 43.3 Å². The van der Waals surface area contributed by atoms with Gasteiger partial charge in [0.25, 0.3) is 0 Å². The lowest BCUT2D eigenvalue weighted by Gasteiger charge is -2.36. The standard InChI is InChI=1S/C28H30N2O4/c1-17-25(28(32)34-22-7-3-4-8-22)26(19-6-5-13-29-16-19)27-23(30-17)14-20(15-24(27)31)18-9-11-21(33-2)12-10-18/h5-6,9-13,16,20,22,26,30H,3-4,7-8,14-15H2,1-2H3. The number of esters is 1. The van der Waals surface area contributed by atoms with Gasteiger partial charge in [0.1, 0.15) is 11.9 Å². The summed E-state index contributed by atoms with van der Waals surface area (Å²) in [6, 6.07) is 11.7. The number of dihydropyridines is 1. The van der Waals surface area contributed by atoms with Crippen LogP contribution in [0.2, 0.25) is 0 Å². The summed E-state index contributed by atoms with van der Waals surface area (Å²) in [6.07, 6.45) is 8.48. The number of hydrogen-bond donors (Lipinski definition) is 1. The molecule has 0 bridgehead atoms. The van der Waals surface area contributed by atoms with Crippen molar-refractivity contribution in [1.29, 1.82) is 0 Å². The largest absolute Gasteiger partial charge is 0.497 e. The van der Waals surface area contributed by atoms with E-state index in [2.05, 4.69) is 10.3 Å². The number of rotatable bonds is 5. The van der Waals surface area contributed by atoms with Gasteiger partial charge in [-0.3, -0.25) is 9.78 Å². The second-order valence-corrected chi connectivity index (χ2v) is 9.39. The molecule has 1 fully saturated rings. The van der Waals surface area contributed by atoms with Crippen molar-refractivity contribution in [3.63, 3.8) is 0 Å². The predicted molar refractivity (Wildman–Crippen MR) is 128 cm³/mol. The van der Waals surface area contributed by atoms with Crippen molar-refractivity contribution in [1.82, 2.24) is 10.3 Å². The van der Waals surface area contributed by atoms with Crippen molar-refractivity contribution >= 4 is 11.8 Å². The molecule has 1 saturated carbocycles. The number of benzene rings is 1. The lowest BCUT2D eigenvalue weighted by atomic mass is 9.72. The predicted octanol–water partition coefficient (Wildman–Crippen LogP) is 4.94. The molecule has 0 spiro atoms. The Morgan fingerprint density at radius 2 is 1.82 bits per heavy atom. The number of carbonyl (C=O) groups is 2. The van der Waals surface area contributed by atoms with Crippen molar-refractivity contribution in [2.45, 2.75) is 63.4 Å². The average Bonchev–Trinajstić information content (AvgIpc) is 3.36. The first kappa shape index (κ1) is 22.4. The molecule has 0 saturated heterocycles. The van der Waals surface area contributed by atoms with E-state index in [1.54, 1.807) is 19.5 Å². The summed E-state index contributed by atoms with van der Waals surface area (Å²) < 4.78 is 11.2. The third kappa shape index (κ3) is 4.25. The Morgan fingerprint density at radius 3 is 2.50 bits per heavy atom. The molecule has 2 unspecified atom stereocenters. The van der Waals surface area contributed by atoms with Crippen LogP contribution in [0.5, 0.6) is 5.75 Å². The van der Waals surface area contributed by atoms with E-state index >= 15 is 0 Å². The molecular weight excluding hydrogens is 428 g/mol. The summed E-state index contributed by atoms with van der Waals surface area (Å²) >= 11 is 0. The fraction of sp³-hybridized carbons (Fsp3) is 0.393. The van der Waals surface area contributed by atoms with Gasteiger partial charge in [-0.2, -0.15) is 0 Å². The summed E-state index contributed by atoms with van der Waals surface area (Å²) in [4.78, 5) is 31.3. The van der Waals surface area contributed by atoms with Gasteiger partial charge in [-0.25, -0.2) is 4.79 Å². The first-order valence-electron chi connectivity index (χ1n) is 12.0. The number of allylic oxidation sites excluding steroid dienone is 3. The van der Waals surface area contributed by atoms with E-state index in [0.717, 1.165) is 54.0 Å². The van der Waals surface area contributed by atoms with Crippen molar-refractivity contribution in [3.05, 3.63) is 82.5 Å². The third-order valence-corrected chi connectivity index (χ3v) is 7.23. The Balaban J connectivity index is 1.50. The lowest BCUT2D eigenvalue weighted by Crippen LogP contribution is -2.36. The van der Waals surface area contributed by atoms with Crippen LogP contribution >= 0.6 is 0 Å². The van der Waals surface area contributed by atoms with Crippen molar-refractivity contribution in [3.8, 4) is 5.75 Å². The van der Waals surface area contributed by atoms with Crippen LogP contribution in [0.3, 0.4) is 0 Å². The van der Waals surface area contributed by atoms with Crippen molar-refractivity contribution in [2.75, 3.05) is 7.11 Å². The number of nitrogens with one attached hydrogen (secondary N) is 1. The molecule has 1 aromatic heterocycles. The van der Waals surface area contributed by atoms with E-state index in [1.165, 1.54) is 0 Å². The maximum Gasteiger partial charge on any atom is 0.337 e. The molecule has 1 N–H and O–H groups in total. The third-order valence-electron chi connectivity index (χ3n) is 7.23. The summed E-state index contributed by atoms with van der Waals surface area (Å²) in [5.41, 5.74) is 4.77. The van der Waals surface area contributed by atoms with E-state index in [4.69, 9.17) is 9.47 Å². The molecule has 0 amide bonds. The maximum atomic E-state index is 13.6. The van der Waals surface area contributed by atoms with E-state index < -0.39 is 5.92 Å². The van der Waals surface area contributed by atoms with Gasteiger partial charge in [-0.15, -0.1) is 0 Å². The number of methoxy groups -OCH3 is 1. The van der Waals surface area contributed by atoms with Crippen LogP contribution in [-0.2, 0) is 14.3 Å². The number of nitrogens with zero attached hydrogens (tertiary/aromatic N) is 1. The fourth-order valence-corrected chi connectivity index (χ4v) is 5.52. The monoisotopic (exact) mass is 458 g/mol. The molecule has 6 nitrogen and oxygen atoms in total. The van der Waals surface area contributed by atoms with Gasteiger partial charge in [-0.1, -0.05) is 18.2 Å². The van der Waals surface area contributed by atoms with Gasteiger partial charge in [-0.05, 0) is 74.3 Å². The number of carbonyl (C=O) groups excluding carboxylic acids is 2. The Morgan fingerprint density at radius 1 is 1.06 bits per heavy atom. The summed E-state index contributed by atoms with van der Waals surface area (Å²) in [5.74, 6) is 0.119. The van der Waals surface area contributed by atoms with Gasteiger partial charge < -0.3 is 14.8 Å². The van der Waals surface area contributed by atoms with E-state index in [-0.39, 0.29) is 23.8 Å². The SMILES string of the molecule is COc1ccc(C2CC(=O)C3=C(C2)NC(C)=C(C(=O)OC2CCCC2)C3c2cccnc2)cc1. The molecule has 176 valence electrons. The van der Waals surface area contributed by atoms with Crippen LogP contribution in [0.1, 0.15) is 68.4 Å². The summed E-state index contributed by atoms with van der Waals surface area (Å²) in [7, 11) is 1.64. The molecule has 0 radical (unpaired) electrons. The number of aromatic nitrogens is 1. The molecule has 1 aliphatic heterocycles. The highest BCUT2D eigenvalue weighted by Crippen LogP contribution is 2.46. The van der Waals surface area contributed by atoms with Gasteiger partial charge >= 0.3 is 5.97 Å². The molecule has 2 aromatic rings. The van der Waals surface area contributed by atoms with E-state index in [9.17, 15) is 9.59 Å². The number of pyridine rings is 1. The molecular formula is C28H30N2O4. The highest BCUT2D eigenvalue weighted by Gasteiger charge is 2.42. The van der Waals surface area contributed by atoms with Crippen LogP contribution in [0, 0.1) is 0 Å². The molecule has 2 heterocycles. The zero-order valence-corrected chi connectivity index (χ0v) is 19.7. The molecule has 5 rings (SSSR count). The quantitative estimate of drug-likeness (QED) is 0.640. The number of Topliss-reactive ketones (excluding diaryl/α,β-unsaturated/α-hetero) is 1. The second-order valence-electron chi connectivity index (χ2n) is 9.39. The maximum absolute atomic E-state index is 13.6. The van der Waals surface area contributed by atoms with Crippen molar-refractivity contribution < 1.29 is 19.1 Å². The number of ether oxygens (including phenoxy) is 2. The van der Waals surface area contributed by atoms with Crippen LogP contribution < -0.4 is 10.1 Å². The molecule has 3 aliphatic rings. The average molecular weight is 459 g/mol. The summed E-state index contributed by atoms with van der Waals surface area (Å²) in [6.45, 7) is 1.90. The summed E-state index contributed by atoms with van der Waals surface area (Å²) in [5, 5.41) is 3.42. The van der Waals surface area contributed by atoms with Crippen LogP contribution in [0.4, 0.5) is 0 Å². The molecule has 2 atom stereocenters. The zero-order valence-electron chi connectivity index (χ0n) is 19.7. The molecule has 2 aliphatic carbocycles. The van der Waals surface area contributed by atoms with Gasteiger partial charge in [0.15, 0.2) is 5.78 Å². The zero-order chi connectivity index (χ0) is 23.7. The second kappa shape index (κ2) is 9.45. The first-order chi connectivity index (χ1) is 16.5. The van der Waals surface area contributed by atoms with Crippen LogP contribution in [0.15, 0.2) is 71.3 Å². The molecule has 1 aromatic carbocycles. The highest BCUT2D eigenvalue weighted by molar-refractivity contribution is 6.04. The Hall–Kier alpha value is -3.41. The smallest absolute Gasteiger partial charge is 0.337 e. The Kier molecular flexibility index (Phi) is 6.22. The fourth-order valence-electron chi connectivity index (χ4n) is 5.52. The minimum Gasteiger partial charge on any atom is -0.497 e. The van der Waals surface area contributed by atoms with Gasteiger partial charge in [0.05, 0.1) is 12.7 Å². The topological polar surface area (TPSA) is 77.5 Å². The highest BCUT2D eigenvalue weighted by atomic mass is 16.5. The van der Waals surface area contributed by atoms with Crippen molar-refractivity contribution in [2.24, 2.45) is 0 Å². The molecule has 34 heavy (non-hydrogen) atoms. The van der Waals surface area contributed by atoms with E-state index in [0.29, 0.717) is 24.0 Å². The van der Waals surface area contributed by atoms with Crippen LogP contribution in [0.25, 0.3) is 0 Å². The van der Waals surface area contributed by atoms with Crippen LogP contribution in [-0.4, -0.2) is 30.0 Å². The molecule has 6 heteroatoms. The van der Waals surface area contributed by atoms with Gasteiger partial charge in [0, 0.05) is 41.7 Å². The number of ketones is 1. The Labute approximate surface area is 200 Å². The number of hydrogen-bond acceptors (Lipinski definition) is 6. The minimum atomic E-state index is -0.469. The lowest BCUT2D eigenvalue weighted by molar-refractivity contribution is -0.144. The Bertz CT molecular complexity index is 1140.